The first kappa shape index (κ1) is 70.8. The molecule has 0 fully saturated rings. The fourth-order valence-electron chi connectivity index (χ4n) is 22.7. The van der Waals surface area contributed by atoms with Gasteiger partial charge in [0.2, 0.25) is 0 Å². The first-order valence-electron chi connectivity index (χ1n) is 56.2. The highest BCUT2D eigenvalue weighted by Crippen LogP contribution is 2.54. The van der Waals surface area contributed by atoms with Crippen molar-refractivity contribution in [2.75, 3.05) is 0 Å². The highest BCUT2D eigenvalue weighted by atomic mass is 16.3. The molecule has 0 unspecified atom stereocenters. The number of benzene rings is 25. The van der Waals surface area contributed by atoms with Gasteiger partial charge in [0.25, 0.3) is 0 Å². The Morgan fingerprint density at radius 1 is 0.145 bits per heavy atom. The van der Waals surface area contributed by atoms with Gasteiger partial charge in [-0.15, -0.1) is 0 Å². The highest BCUT2D eigenvalue weighted by Gasteiger charge is 2.28. The molecule has 0 atom stereocenters. The van der Waals surface area contributed by atoms with Gasteiger partial charge in [-0.3, -0.25) is 0 Å². The summed E-state index contributed by atoms with van der Waals surface area (Å²) in [7, 11) is 0. The molecule has 0 bridgehead atoms. The summed E-state index contributed by atoms with van der Waals surface area (Å²) in [4.78, 5) is 0. The Bertz CT molecular complexity index is 11000. The number of aryl methyl sites for hydroxylation is 3. The smallest absolute Gasteiger partial charge is 0.136 e. The van der Waals surface area contributed by atoms with E-state index in [-0.39, 0.29) is 89.2 Å². The Kier molecular flexibility index (Phi) is 17.4. The number of hydrogen-bond donors (Lipinski definition) is 0. The summed E-state index contributed by atoms with van der Waals surface area (Å²) >= 11 is 0. The molecule has 0 saturated carbocycles. The number of furan rings is 4. The molecule has 0 aliphatic heterocycles. The number of para-hydroxylation sites is 4. The van der Waals surface area contributed by atoms with Crippen LogP contribution in [-0.4, -0.2) is 0 Å². The maximum atomic E-state index is 8.91. The molecular weight excluding hydrogens is 1760 g/mol. The fraction of sp³-hybridized carbons (Fsp3) is 0.0213. The van der Waals surface area contributed by atoms with Crippen molar-refractivity contribution in [1.29, 1.82) is 0 Å². The third-order valence-corrected chi connectivity index (χ3v) is 28.7. The summed E-state index contributed by atoms with van der Waals surface area (Å²) < 4.78 is 154. The van der Waals surface area contributed by atoms with Gasteiger partial charge in [0.05, 0.1) is 20.6 Å². The van der Waals surface area contributed by atoms with Crippen molar-refractivity contribution in [3.05, 3.63) is 520 Å². The van der Waals surface area contributed by atoms with E-state index in [2.05, 4.69) is 257 Å². The maximum absolute atomic E-state index is 8.91. The van der Waals surface area contributed by atoms with Crippen molar-refractivity contribution in [2.24, 2.45) is 0 Å². The Balaban J connectivity index is 0.000000116. The van der Waals surface area contributed by atoms with E-state index in [1.165, 1.54) is 22.3 Å². The van der Waals surface area contributed by atoms with Crippen LogP contribution in [0.4, 0.5) is 0 Å². The van der Waals surface area contributed by atoms with E-state index < -0.39 is 18.1 Å². The second-order valence-electron chi connectivity index (χ2n) is 37.1. The average Bonchev–Trinajstić information content (AvgIpc) is 1.64. The van der Waals surface area contributed by atoms with Gasteiger partial charge in [-0.25, -0.2) is 0 Å². The largest absolute Gasteiger partial charge is 0.456 e. The lowest BCUT2D eigenvalue weighted by atomic mass is 9.85. The summed E-state index contributed by atoms with van der Waals surface area (Å²) in [5.74, 6) is 0. The van der Waals surface area contributed by atoms with Crippen LogP contribution >= 0.6 is 0 Å². The minimum atomic E-state index is -0.406. The summed E-state index contributed by atoms with van der Waals surface area (Å²) in [6.07, 6.45) is 0. The SMILES string of the molecule is [2H]c1c([2H])c([2H])c(-c2c3ccccc3c(-c3ccc(-c4c(-c5cc(C)cc(C)c5)ccc5oc6ccccc6c45)cc3)c3ccccc23)c([2H])c1[2H].[2H]c1c([2H])c([2H])c(-c2c3ccccc3c(-c3ccc(-c4c(-c5cccc6oc7ccccc7c56)ccc5oc6ccccc6c45)cc3)c3ccccc23)c([2H])c1[2H].[2H]c1c([2H])c([2H])c(-c2c3ccccc3c(-c3ccc(-c4c(-c5ccccc5C)ccc5oc6ccccc6c45)cc3)c3ccccc23)c([2H])c1[2H]. The average molecular weight is 1870 g/mol. The van der Waals surface area contributed by atoms with Crippen molar-refractivity contribution in [2.45, 2.75) is 20.8 Å². The molecule has 0 aliphatic rings. The molecule has 0 spiro atoms. The van der Waals surface area contributed by atoms with Crippen LogP contribution in [0.2, 0.25) is 0 Å². The molecule has 145 heavy (non-hydrogen) atoms. The van der Waals surface area contributed by atoms with Crippen LogP contribution < -0.4 is 0 Å². The molecule has 4 nitrogen and oxygen atoms in total. The van der Waals surface area contributed by atoms with Gasteiger partial charge in [0, 0.05) is 59.8 Å². The standard InChI is InChI=1S/C50H30O2.C46H32O.C45H30O/c1-2-13-31(14-3-1)46-34-15-4-6-17-36(34)47(37-18-7-5-16-35(37)46)32-25-27-33(28-26-32)48-39(29-30-45-50(48)41-20-9-11-23-43(41)52-45)38-21-12-24-44-49(38)40-19-8-10-22-42(40)51-44;1-29-26-30(2)28-34(27-29)35-24-25-42-46(40-18-10-11-19-41(40)47-42)45(35)33-22-20-32(21-23-33)44-38-16-8-6-14-36(38)43(31-12-4-3-5-13-31)37-15-7-9-17-39(37)44;1-29-13-5-6-16-33(29)38-27-28-41-45(39-21-11-12-22-40(39)46-41)44(38)32-25-23-31(24-26-32)43-36-19-9-7-17-34(36)42(30-14-3-2-4-15-30)35-18-8-10-20-37(35)43/h1-30H;3-28H,1-2H3;2-28H,1H3/i1D,2D,3D,13D,14D;3D,4D,5D,12D,13D;2D,3D,4D,14D,15D. The van der Waals surface area contributed by atoms with Gasteiger partial charge in [-0.05, 0) is 268 Å². The molecule has 4 aromatic heterocycles. The molecule has 0 amide bonds. The molecule has 0 N–H and O–H groups in total. The van der Waals surface area contributed by atoms with Crippen LogP contribution in [0.15, 0.2) is 521 Å². The molecule has 0 saturated heterocycles. The summed E-state index contributed by atoms with van der Waals surface area (Å²) in [6, 6.07) is 136. The first-order valence-corrected chi connectivity index (χ1v) is 48.7. The molecule has 4 heterocycles. The number of fused-ring (bicyclic) bond motifs is 18. The van der Waals surface area contributed by atoms with Crippen LogP contribution in [0.5, 0.6) is 0 Å². The third-order valence-electron chi connectivity index (χ3n) is 28.7. The summed E-state index contributed by atoms with van der Waals surface area (Å²) in [6.45, 7) is 6.41. The van der Waals surface area contributed by atoms with Gasteiger partial charge in [-0.1, -0.05) is 454 Å². The van der Waals surface area contributed by atoms with Gasteiger partial charge in [0.15, 0.2) is 0 Å². The lowest BCUT2D eigenvalue weighted by Crippen LogP contribution is -1.92. The van der Waals surface area contributed by atoms with Gasteiger partial charge in [-0.2, -0.15) is 0 Å². The quantitative estimate of drug-likeness (QED) is 0.114. The zero-order chi connectivity index (χ0) is 109. The Morgan fingerprint density at radius 2 is 0.366 bits per heavy atom. The first-order chi connectivity index (χ1) is 77.9. The molecule has 25 aromatic carbocycles. The molecule has 0 radical (unpaired) electrons. The Labute approximate surface area is 859 Å². The minimum Gasteiger partial charge on any atom is -0.456 e. The third kappa shape index (κ3) is 14.6. The van der Waals surface area contributed by atoms with E-state index >= 15 is 0 Å². The van der Waals surface area contributed by atoms with E-state index in [0.29, 0.717) is 16.7 Å². The van der Waals surface area contributed by atoms with Crippen molar-refractivity contribution < 1.29 is 38.2 Å². The van der Waals surface area contributed by atoms with Gasteiger partial charge >= 0.3 is 0 Å². The topological polar surface area (TPSA) is 52.6 Å². The fourth-order valence-corrected chi connectivity index (χ4v) is 22.7. The monoisotopic (exact) mass is 1860 g/mol. The number of hydrogen-bond acceptors (Lipinski definition) is 4. The van der Waals surface area contributed by atoms with Crippen molar-refractivity contribution in [3.63, 3.8) is 0 Å². The van der Waals surface area contributed by atoms with E-state index in [1.807, 2.05) is 176 Å². The van der Waals surface area contributed by atoms with Gasteiger partial charge in [0.1, 0.15) is 44.7 Å². The zero-order valence-electron chi connectivity index (χ0n) is 93.9. The van der Waals surface area contributed by atoms with Crippen molar-refractivity contribution >= 4 is 152 Å². The molecular formula is C141H92O4. The Morgan fingerprint density at radius 3 is 0.669 bits per heavy atom. The van der Waals surface area contributed by atoms with Crippen LogP contribution in [0.3, 0.4) is 0 Å². The predicted molar refractivity (Wildman–Crippen MR) is 613 cm³/mol. The minimum absolute atomic E-state index is 0.198. The normalized spacial score (nSPS) is 13.1. The van der Waals surface area contributed by atoms with Crippen LogP contribution in [-0.2, 0) is 0 Å². The van der Waals surface area contributed by atoms with Crippen molar-refractivity contribution in [3.8, 4) is 134 Å². The van der Waals surface area contributed by atoms with Gasteiger partial charge < -0.3 is 17.7 Å². The van der Waals surface area contributed by atoms with Crippen LogP contribution in [0.25, 0.3) is 286 Å². The molecule has 29 rings (SSSR count). The maximum Gasteiger partial charge on any atom is 0.136 e. The number of rotatable bonds is 12. The second-order valence-corrected chi connectivity index (χ2v) is 37.1. The second kappa shape index (κ2) is 35.5. The lowest BCUT2D eigenvalue weighted by Gasteiger charge is -2.18. The van der Waals surface area contributed by atoms with E-state index in [9.17, 15) is 0 Å². The lowest BCUT2D eigenvalue weighted by molar-refractivity contribution is 0.668. The molecule has 29 aromatic rings. The van der Waals surface area contributed by atoms with Crippen LogP contribution in [0, 0.1) is 20.8 Å². The summed E-state index contributed by atoms with van der Waals surface area (Å²) in [5.41, 5.74) is 32.1. The van der Waals surface area contributed by atoms with Crippen LogP contribution in [0.1, 0.15) is 37.3 Å². The van der Waals surface area contributed by atoms with E-state index in [0.717, 1.165) is 247 Å². The van der Waals surface area contributed by atoms with E-state index in [1.54, 1.807) is 0 Å². The molecule has 680 valence electrons. The predicted octanol–water partition coefficient (Wildman–Crippen LogP) is 40.5. The van der Waals surface area contributed by atoms with E-state index in [4.69, 9.17) is 38.2 Å². The zero-order valence-corrected chi connectivity index (χ0v) is 78.9. The Hall–Kier alpha value is -18.7. The highest BCUT2D eigenvalue weighted by molar-refractivity contribution is 6.27. The van der Waals surface area contributed by atoms with Crippen molar-refractivity contribution in [1.82, 2.24) is 0 Å². The molecule has 4 heteroatoms. The molecule has 0 aliphatic carbocycles. The summed E-state index contributed by atoms with van der Waals surface area (Å²) in [5, 5.41) is 19.0.